The van der Waals surface area contributed by atoms with E-state index in [1.165, 1.54) is 17.2 Å². The Morgan fingerprint density at radius 1 is 1.03 bits per heavy atom. The molecule has 39 heavy (non-hydrogen) atoms. The Morgan fingerprint density at radius 2 is 1.72 bits per heavy atom. The number of aromatic hydroxyl groups is 1. The molecule has 0 spiro atoms. The summed E-state index contributed by atoms with van der Waals surface area (Å²) in [6.07, 6.45) is 4.86. The highest BCUT2D eigenvalue weighted by Gasteiger charge is 2.39. The minimum Gasteiger partial charge on any atom is -0.508 e. The summed E-state index contributed by atoms with van der Waals surface area (Å²) in [7, 11) is 8.72. The maximum Gasteiger partial charge on any atom is 0.244 e. The molecule has 0 radical (unpaired) electrons. The van der Waals surface area contributed by atoms with Gasteiger partial charge in [0.25, 0.3) is 0 Å². The second-order valence-corrected chi connectivity index (χ2v) is 9.77. The Bertz CT molecular complexity index is 1430. The summed E-state index contributed by atoms with van der Waals surface area (Å²) in [5.74, 6) is 2.59. The van der Waals surface area contributed by atoms with Gasteiger partial charge in [0.05, 0.1) is 28.4 Å². The quantitative estimate of drug-likeness (QED) is 0.414. The number of amides is 1. The zero-order valence-corrected chi connectivity index (χ0v) is 23.0. The first-order valence-corrected chi connectivity index (χ1v) is 12.9. The number of benzene rings is 3. The van der Waals surface area contributed by atoms with Gasteiger partial charge in [0.2, 0.25) is 5.91 Å². The van der Waals surface area contributed by atoms with Crippen molar-refractivity contribution < 1.29 is 28.8 Å². The third kappa shape index (κ3) is 4.76. The highest BCUT2D eigenvalue weighted by molar-refractivity contribution is 5.92. The standard InChI is InChI=1S/C31H34N2O6/c1-33-13-12-21-23(17-32-27(35)11-8-18-6-9-20(34)10-7-18)30(38-4)31(39-5)29-22-16-26(37-3)25(36-2)15-19(22)14-24(33)28(21)29/h6-11,15-16,24,34H,12-14,17H2,1-5H3,(H,32,35)/b11-8+. The number of nitrogens with one attached hydrogen (secondary N) is 1. The fraction of sp³-hybridized carbons (Fsp3) is 0.323. The summed E-state index contributed by atoms with van der Waals surface area (Å²) < 4.78 is 23.2. The van der Waals surface area contributed by atoms with Crippen LogP contribution in [-0.2, 0) is 24.2 Å². The molecule has 2 N–H and O–H groups in total. The number of likely N-dealkylation sites (N-methyl/N-ethyl adjacent to an activating group) is 1. The van der Waals surface area contributed by atoms with Crippen molar-refractivity contribution in [3.63, 3.8) is 0 Å². The van der Waals surface area contributed by atoms with Gasteiger partial charge in [0.1, 0.15) is 5.75 Å². The molecule has 1 unspecified atom stereocenters. The van der Waals surface area contributed by atoms with E-state index in [2.05, 4.69) is 23.3 Å². The molecule has 5 rings (SSSR count). The van der Waals surface area contributed by atoms with Gasteiger partial charge in [0.15, 0.2) is 23.0 Å². The summed E-state index contributed by atoms with van der Waals surface area (Å²) in [5.41, 5.74) is 7.36. The average Bonchev–Trinajstić information content (AvgIpc) is 2.96. The summed E-state index contributed by atoms with van der Waals surface area (Å²) in [4.78, 5) is 15.1. The second-order valence-electron chi connectivity index (χ2n) is 9.77. The van der Waals surface area contributed by atoms with E-state index in [-0.39, 0.29) is 17.7 Å². The van der Waals surface area contributed by atoms with Crippen LogP contribution in [0.25, 0.3) is 17.2 Å². The van der Waals surface area contributed by atoms with Crippen molar-refractivity contribution in [3.05, 3.63) is 70.3 Å². The number of hydrogen-bond acceptors (Lipinski definition) is 7. The first kappa shape index (κ1) is 26.4. The van der Waals surface area contributed by atoms with E-state index in [9.17, 15) is 9.90 Å². The maximum atomic E-state index is 12.8. The van der Waals surface area contributed by atoms with E-state index in [1.807, 2.05) is 6.07 Å². The molecule has 1 aliphatic heterocycles. The van der Waals surface area contributed by atoms with Gasteiger partial charge in [0, 0.05) is 36.3 Å². The normalized spacial score (nSPS) is 15.9. The molecular weight excluding hydrogens is 496 g/mol. The third-order valence-electron chi connectivity index (χ3n) is 7.71. The van der Waals surface area contributed by atoms with Gasteiger partial charge in [-0.3, -0.25) is 9.69 Å². The number of fused-ring (bicyclic) bond motifs is 2. The lowest BCUT2D eigenvalue weighted by molar-refractivity contribution is -0.116. The Kier molecular flexibility index (Phi) is 7.39. The van der Waals surface area contributed by atoms with Crippen LogP contribution < -0.4 is 24.3 Å². The molecule has 0 saturated heterocycles. The van der Waals surface area contributed by atoms with Gasteiger partial charge in [-0.05, 0) is 78.0 Å². The van der Waals surface area contributed by atoms with Crippen molar-refractivity contribution in [3.8, 4) is 39.9 Å². The number of hydrogen-bond donors (Lipinski definition) is 2. The number of rotatable bonds is 8. The molecule has 3 aromatic carbocycles. The molecule has 2 aliphatic rings. The number of ether oxygens (including phenoxy) is 4. The highest BCUT2D eigenvalue weighted by atomic mass is 16.5. The van der Waals surface area contributed by atoms with Crippen LogP contribution in [0.5, 0.6) is 28.7 Å². The largest absolute Gasteiger partial charge is 0.508 e. The zero-order valence-electron chi connectivity index (χ0n) is 23.0. The molecule has 204 valence electrons. The Hall–Kier alpha value is -4.17. The maximum absolute atomic E-state index is 12.8. The number of phenols is 1. The van der Waals surface area contributed by atoms with Crippen LogP contribution in [0.1, 0.15) is 33.9 Å². The summed E-state index contributed by atoms with van der Waals surface area (Å²) in [5, 5.41) is 12.5. The minimum absolute atomic E-state index is 0.151. The third-order valence-corrected chi connectivity index (χ3v) is 7.71. The lowest BCUT2D eigenvalue weighted by Gasteiger charge is -2.42. The summed E-state index contributed by atoms with van der Waals surface area (Å²) in [6, 6.07) is 10.9. The molecule has 1 heterocycles. The van der Waals surface area contributed by atoms with Gasteiger partial charge in [-0.2, -0.15) is 0 Å². The number of carbonyl (C=O) groups is 1. The van der Waals surface area contributed by atoms with Crippen LogP contribution in [0.3, 0.4) is 0 Å². The van der Waals surface area contributed by atoms with Crippen molar-refractivity contribution >= 4 is 12.0 Å². The van der Waals surface area contributed by atoms with E-state index in [4.69, 9.17) is 18.9 Å². The van der Waals surface area contributed by atoms with Crippen molar-refractivity contribution in [2.75, 3.05) is 42.0 Å². The van der Waals surface area contributed by atoms with Gasteiger partial charge in [-0.25, -0.2) is 0 Å². The molecule has 8 heteroatoms. The Labute approximate surface area is 228 Å². The first-order valence-electron chi connectivity index (χ1n) is 12.9. The SMILES string of the molecule is COc1cc2c(cc1OC)-c1c(OC)c(OC)c(CNC(=O)/C=C/c3ccc(O)cc3)c3c1C(C2)N(C)CC3. The predicted molar refractivity (Wildman–Crippen MR) is 150 cm³/mol. The Balaban J connectivity index is 1.58. The number of nitrogens with zero attached hydrogens (tertiary/aromatic N) is 1. The summed E-state index contributed by atoms with van der Waals surface area (Å²) >= 11 is 0. The number of phenolic OH excluding ortho intramolecular Hbond substituents is 1. The van der Waals surface area contributed by atoms with Crippen molar-refractivity contribution in [1.82, 2.24) is 10.2 Å². The number of methoxy groups -OCH3 is 4. The van der Waals surface area contributed by atoms with E-state index < -0.39 is 0 Å². The highest BCUT2D eigenvalue weighted by Crippen LogP contribution is 2.55. The molecule has 1 aliphatic carbocycles. The molecular formula is C31H34N2O6. The molecule has 3 aromatic rings. The molecule has 0 fully saturated rings. The lowest BCUT2D eigenvalue weighted by Crippen LogP contribution is -2.37. The minimum atomic E-state index is -0.222. The molecule has 0 bridgehead atoms. The smallest absolute Gasteiger partial charge is 0.244 e. The van der Waals surface area contributed by atoms with Crippen LogP contribution in [0, 0.1) is 0 Å². The van der Waals surface area contributed by atoms with Gasteiger partial charge in [-0.1, -0.05) is 12.1 Å². The molecule has 8 nitrogen and oxygen atoms in total. The molecule has 1 amide bonds. The molecule has 0 saturated carbocycles. The molecule has 1 atom stereocenters. The predicted octanol–water partition coefficient (Wildman–Crippen LogP) is 4.51. The van der Waals surface area contributed by atoms with E-state index >= 15 is 0 Å². The fourth-order valence-electron chi connectivity index (χ4n) is 5.79. The Morgan fingerprint density at radius 3 is 2.38 bits per heavy atom. The topological polar surface area (TPSA) is 89.5 Å². The van der Waals surface area contributed by atoms with Crippen LogP contribution in [0.4, 0.5) is 0 Å². The van der Waals surface area contributed by atoms with E-state index in [0.717, 1.165) is 47.2 Å². The van der Waals surface area contributed by atoms with Gasteiger partial charge in [-0.15, -0.1) is 0 Å². The van der Waals surface area contributed by atoms with E-state index in [1.54, 1.807) is 58.8 Å². The van der Waals surface area contributed by atoms with Crippen molar-refractivity contribution in [2.24, 2.45) is 0 Å². The second kappa shape index (κ2) is 10.9. The van der Waals surface area contributed by atoms with Crippen molar-refractivity contribution in [2.45, 2.75) is 25.4 Å². The van der Waals surface area contributed by atoms with Gasteiger partial charge >= 0.3 is 0 Å². The number of carbonyl (C=O) groups excluding carboxylic acids is 1. The van der Waals surface area contributed by atoms with Crippen LogP contribution in [-0.4, -0.2) is 57.9 Å². The van der Waals surface area contributed by atoms with Crippen molar-refractivity contribution in [1.29, 1.82) is 0 Å². The summed E-state index contributed by atoms with van der Waals surface area (Å²) in [6.45, 7) is 1.19. The van der Waals surface area contributed by atoms with Crippen LogP contribution in [0.15, 0.2) is 42.5 Å². The fourth-order valence-corrected chi connectivity index (χ4v) is 5.79. The first-order chi connectivity index (χ1) is 18.9. The van der Waals surface area contributed by atoms with E-state index in [0.29, 0.717) is 29.5 Å². The molecule has 0 aromatic heterocycles. The van der Waals surface area contributed by atoms with Gasteiger partial charge < -0.3 is 29.4 Å². The van der Waals surface area contributed by atoms with Crippen LogP contribution >= 0.6 is 0 Å². The monoisotopic (exact) mass is 530 g/mol. The van der Waals surface area contributed by atoms with Crippen LogP contribution in [0.2, 0.25) is 0 Å². The zero-order chi connectivity index (χ0) is 27.7. The average molecular weight is 531 g/mol. The lowest BCUT2D eigenvalue weighted by atomic mass is 9.75.